The summed E-state index contributed by atoms with van der Waals surface area (Å²) < 4.78 is 9.02. The number of hydrogen-bond donors (Lipinski definition) is 0. The van der Waals surface area contributed by atoms with Crippen LogP contribution in [0.3, 0.4) is 0 Å². The second-order valence-electron chi connectivity index (χ2n) is 11.5. The van der Waals surface area contributed by atoms with Gasteiger partial charge in [0, 0.05) is 16.3 Å². The zero-order valence-electron chi connectivity index (χ0n) is 24.1. The molecule has 0 aliphatic heterocycles. The fourth-order valence-corrected chi connectivity index (χ4v) is 6.08. The Bertz CT molecular complexity index is 2040. The van der Waals surface area contributed by atoms with Crippen molar-refractivity contribution in [1.82, 2.24) is 14.5 Å². The summed E-state index contributed by atoms with van der Waals surface area (Å²) in [6, 6.07) is 33.9. The molecule has 0 aliphatic rings. The monoisotopic (exact) mass is 535 g/mol. The predicted molar refractivity (Wildman–Crippen MR) is 170 cm³/mol. The Kier molecular flexibility index (Phi) is 6.01. The van der Waals surface area contributed by atoms with Crippen LogP contribution < -0.4 is 0 Å². The zero-order chi connectivity index (χ0) is 28.2. The summed E-state index contributed by atoms with van der Waals surface area (Å²) in [5.41, 5.74) is 11.4. The van der Waals surface area contributed by atoms with Crippen molar-refractivity contribution in [1.29, 1.82) is 0 Å². The van der Waals surface area contributed by atoms with Gasteiger partial charge in [-0.25, -0.2) is 9.97 Å². The fraction of sp³-hybridized carbons (Fsp3) is 0.189. The molecule has 4 nitrogen and oxygen atoms in total. The first-order valence-electron chi connectivity index (χ1n) is 14.4. The van der Waals surface area contributed by atoms with E-state index in [9.17, 15) is 0 Å². The third kappa shape index (κ3) is 4.05. The minimum atomic E-state index is 0.350. The zero-order valence-corrected chi connectivity index (χ0v) is 24.1. The molecule has 0 aliphatic carbocycles. The second kappa shape index (κ2) is 9.74. The standard InChI is InChI=1S/C37H33N3O/c1-22(2)26-14-11-15-27(23(3)4)34(26)40-32-17-10-9-16-31(32)38-36(40)29-19-18-24(5)33-28-20-21-30(25-12-7-6-8-13-25)39-37(28)41-35(29)33/h6-23H,1-5H3. The molecule has 0 radical (unpaired) electrons. The molecule has 0 unspecified atom stereocenters. The lowest BCUT2D eigenvalue weighted by molar-refractivity contribution is 0.655. The second-order valence-corrected chi connectivity index (χ2v) is 11.5. The third-order valence-electron chi connectivity index (χ3n) is 8.13. The van der Waals surface area contributed by atoms with Crippen LogP contribution in [0, 0.1) is 6.92 Å². The topological polar surface area (TPSA) is 43.9 Å². The maximum atomic E-state index is 6.66. The smallest absolute Gasteiger partial charge is 0.227 e. The van der Waals surface area contributed by atoms with Gasteiger partial charge in [-0.1, -0.05) is 94.4 Å². The molecule has 0 N–H and O–H groups in total. The first kappa shape index (κ1) is 25.3. The van der Waals surface area contributed by atoms with E-state index in [0.29, 0.717) is 17.5 Å². The average Bonchev–Trinajstić information content (AvgIpc) is 3.56. The Morgan fingerprint density at radius 2 is 1.39 bits per heavy atom. The summed E-state index contributed by atoms with van der Waals surface area (Å²) in [5.74, 6) is 1.58. The molecule has 7 aromatic rings. The molecule has 0 atom stereocenters. The summed E-state index contributed by atoms with van der Waals surface area (Å²) in [6.45, 7) is 11.2. The first-order chi connectivity index (χ1) is 19.9. The third-order valence-corrected chi connectivity index (χ3v) is 8.13. The average molecular weight is 536 g/mol. The highest BCUT2D eigenvalue weighted by Gasteiger charge is 2.25. The van der Waals surface area contributed by atoms with Crippen molar-refractivity contribution >= 4 is 33.1 Å². The van der Waals surface area contributed by atoms with Gasteiger partial charge in [-0.15, -0.1) is 0 Å². The van der Waals surface area contributed by atoms with Crippen LogP contribution in [-0.4, -0.2) is 14.5 Å². The van der Waals surface area contributed by atoms with E-state index in [2.05, 4.69) is 118 Å². The van der Waals surface area contributed by atoms with Crippen LogP contribution in [0.15, 0.2) is 101 Å². The number of pyridine rings is 1. The lowest BCUT2D eigenvalue weighted by Crippen LogP contribution is -2.08. The lowest BCUT2D eigenvalue weighted by Gasteiger charge is -2.22. The molecule has 3 heterocycles. The Morgan fingerprint density at radius 1 is 0.683 bits per heavy atom. The predicted octanol–water partition coefficient (Wildman–Crippen LogP) is 10.2. The van der Waals surface area contributed by atoms with E-state index in [4.69, 9.17) is 14.4 Å². The van der Waals surface area contributed by atoms with Gasteiger partial charge in [-0.2, -0.15) is 0 Å². The van der Waals surface area contributed by atoms with E-state index >= 15 is 0 Å². The molecular weight excluding hydrogens is 502 g/mol. The van der Waals surface area contributed by atoms with E-state index in [0.717, 1.165) is 55.6 Å². The number of para-hydroxylation sites is 3. The molecule has 3 aromatic heterocycles. The van der Waals surface area contributed by atoms with E-state index in [1.165, 1.54) is 16.8 Å². The summed E-state index contributed by atoms with van der Waals surface area (Å²) in [5, 5.41) is 2.11. The molecule has 0 amide bonds. The fourth-order valence-electron chi connectivity index (χ4n) is 6.08. The van der Waals surface area contributed by atoms with Crippen molar-refractivity contribution in [3.8, 4) is 28.3 Å². The van der Waals surface area contributed by atoms with Crippen LogP contribution in [-0.2, 0) is 0 Å². The number of furan rings is 1. The molecule has 4 aromatic carbocycles. The largest absolute Gasteiger partial charge is 0.437 e. The van der Waals surface area contributed by atoms with E-state index < -0.39 is 0 Å². The maximum Gasteiger partial charge on any atom is 0.227 e. The van der Waals surface area contributed by atoms with Crippen molar-refractivity contribution in [2.24, 2.45) is 0 Å². The van der Waals surface area contributed by atoms with Crippen molar-refractivity contribution in [2.45, 2.75) is 46.5 Å². The number of benzene rings is 4. The summed E-state index contributed by atoms with van der Waals surface area (Å²) in [4.78, 5) is 10.2. The molecule has 202 valence electrons. The first-order valence-corrected chi connectivity index (χ1v) is 14.4. The number of rotatable bonds is 5. The Balaban J connectivity index is 1.56. The molecule has 0 fully saturated rings. The molecule has 41 heavy (non-hydrogen) atoms. The minimum Gasteiger partial charge on any atom is -0.437 e. The van der Waals surface area contributed by atoms with Crippen LogP contribution in [0.1, 0.15) is 56.2 Å². The normalized spacial score (nSPS) is 12.0. The van der Waals surface area contributed by atoms with E-state index in [1.807, 2.05) is 18.2 Å². The van der Waals surface area contributed by atoms with Gasteiger partial charge in [-0.3, -0.25) is 4.57 Å². The van der Waals surface area contributed by atoms with E-state index in [-0.39, 0.29) is 0 Å². The summed E-state index contributed by atoms with van der Waals surface area (Å²) >= 11 is 0. The Morgan fingerprint density at radius 3 is 2.12 bits per heavy atom. The maximum absolute atomic E-state index is 6.66. The van der Waals surface area contributed by atoms with E-state index in [1.54, 1.807) is 0 Å². The molecule has 0 spiro atoms. The highest BCUT2D eigenvalue weighted by atomic mass is 16.3. The number of hydrogen-bond acceptors (Lipinski definition) is 3. The van der Waals surface area contributed by atoms with Crippen molar-refractivity contribution < 1.29 is 4.42 Å². The molecule has 0 saturated heterocycles. The number of fused-ring (bicyclic) bond motifs is 4. The van der Waals surface area contributed by atoms with Gasteiger partial charge in [0.05, 0.1) is 28.0 Å². The van der Waals surface area contributed by atoms with Crippen LogP contribution in [0.5, 0.6) is 0 Å². The van der Waals surface area contributed by atoms with Gasteiger partial charge in [0.1, 0.15) is 11.4 Å². The van der Waals surface area contributed by atoms with Crippen molar-refractivity contribution in [3.05, 3.63) is 114 Å². The van der Waals surface area contributed by atoms with Crippen LogP contribution in [0.25, 0.3) is 61.4 Å². The number of aromatic nitrogens is 3. The number of nitrogens with zero attached hydrogens (tertiary/aromatic N) is 3. The van der Waals surface area contributed by atoms with Crippen molar-refractivity contribution in [2.75, 3.05) is 0 Å². The SMILES string of the molecule is Cc1ccc(-c2nc3ccccc3n2-c2c(C(C)C)cccc2C(C)C)c2oc3nc(-c4ccccc4)ccc3c12. The van der Waals surface area contributed by atoms with Gasteiger partial charge in [0.25, 0.3) is 0 Å². The van der Waals surface area contributed by atoms with Gasteiger partial charge < -0.3 is 4.42 Å². The minimum absolute atomic E-state index is 0.350. The van der Waals surface area contributed by atoms with Crippen molar-refractivity contribution in [3.63, 3.8) is 0 Å². The highest BCUT2D eigenvalue weighted by molar-refractivity contribution is 6.10. The number of aryl methyl sites for hydroxylation is 1. The van der Waals surface area contributed by atoms with Gasteiger partial charge >= 0.3 is 0 Å². The molecule has 4 heteroatoms. The summed E-state index contributed by atoms with van der Waals surface area (Å²) in [6.07, 6.45) is 0. The van der Waals surface area contributed by atoms with Gasteiger partial charge in [-0.05, 0) is 65.8 Å². The van der Waals surface area contributed by atoms with Gasteiger partial charge in [0.15, 0.2) is 0 Å². The lowest BCUT2D eigenvalue weighted by atomic mass is 9.92. The van der Waals surface area contributed by atoms with Crippen LogP contribution in [0.4, 0.5) is 0 Å². The molecule has 0 bridgehead atoms. The summed E-state index contributed by atoms with van der Waals surface area (Å²) in [7, 11) is 0. The number of imidazole rings is 1. The molecule has 7 rings (SSSR count). The molecular formula is C37H33N3O. The van der Waals surface area contributed by atoms with Crippen LogP contribution >= 0.6 is 0 Å². The van der Waals surface area contributed by atoms with Crippen LogP contribution in [0.2, 0.25) is 0 Å². The molecule has 0 saturated carbocycles. The Hall–Kier alpha value is -4.70. The van der Waals surface area contributed by atoms with Gasteiger partial charge in [0.2, 0.25) is 5.71 Å². The highest BCUT2D eigenvalue weighted by Crippen LogP contribution is 2.42. The quantitative estimate of drug-likeness (QED) is 0.220. The Labute approximate surface area is 240 Å².